The fourth-order valence-electron chi connectivity index (χ4n) is 12.5. The summed E-state index contributed by atoms with van der Waals surface area (Å²) in [4.78, 5) is 7.28. The molecular weight excluding hydrogens is 974 g/mol. The number of nitrogens with zero attached hydrogens (tertiary/aromatic N) is 1. The first kappa shape index (κ1) is 42.2. The first-order chi connectivity index (χ1) is 34.6. The number of aromatic amines is 2. The molecule has 3 aliphatic carbocycles. The second-order valence-corrected chi connectivity index (χ2v) is 22.0. The second-order valence-electron chi connectivity index (χ2n) is 20.8. The Bertz CT molecular complexity index is 4320. The maximum absolute atomic E-state index is 3.65. The molecule has 0 unspecified atom stereocenters. The number of H-pyrrole nitrogens is 2. The van der Waals surface area contributed by atoms with Crippen molar-refractivity contribution < 1.29 is 0 Å². The fraction of sp³-hybridized carbons (Fsp3) is 0.104. The van der Waals surface area contributed by atoms with E-state index in [1.165, 1.54) is 141 Å². The molecule has 2 N–H and O–H groups in total. The van der Waals surface area contributed by atoms with E-state index in [0.717, 1.165) is 6.42 Å². The number of fused-ring (bicyclic) bond motifs is 18. The lowest BCUT2D eigenvalue weighted by molar-refractivity contribution is 0.660. The van der Waals surface area contributed by atoms with Crippen molar-refractivity contribution in [3.63, 3.8) is 0 Å². The van der Waals surface area contributed by atoms with Crippen LogP contribution in [0.4, 0.5) is 0 Å². The molecule has 4 heteroatoms. The first-order valence-corrected chi connectivity index (χ1v) is 25.9. The van der Waals surface area contributed by atoms with Crippen LogP contribution in [0.25, 0.3) is 104 Å². The van der Waals surface area contributed by atoms with Crippen LogP contribution in [0.5, 0.6) is 0 Å². The number of hydrogen-bond acceptors (Lipinski definition) is 0. The van der Waals surface area contributed by atoms with Crippen LogP contribution in [0.15, 0.2) is 206 Å². The Labute approximate surface area is 427 Å². The normalized spacial score (nSPS) is 14.2. The van der Waals surface area contributed by atoms with Crippen LogP contribution in [-0.4, -0.2) is 14.5 Å². The fourth-order valence-corrected chi connectivity index (χ4v) is 12.9. The van der Waals surface area contributed by atoms with Crippen molar-refractivity contribution in [1.29, 1.82) is 0 Å². The Morgan fingerprint density at radius 2 is 0.831 bits per heavy atom. The zero-order chi connectivity index (χ0) is 47.8. The summed E-state index contributed by atoms with van der Waals surface area (Å²) in [5, 5.41) is 7.83. The maximum atomic E-state index is 3.65. The number of hydrogen-bond donors (Lipinski definition) is 2. The molecule has 0 spiro atoms. The molecule has 3 aromatic heterocycles. The van der Waals surface area contributed by atoms with Crippen LogP contribution in [0.1, 0.15) is 61.1 Å². The molecule has 340 valence electrons. The number of benzene rings is 10. The summed E-state index contributed by atoms with van der Waals surface area (Å²) in [6, 6.07) is 75.3. The average molecular weight is 1020 g/mol. The monoisotopic (exact) mass is 1020 g/mol. The number of para-hydroxylation sites is 4. The molecule has 16 rings (SSSR count). The molecule has 3 nitrogen and oxygen atoms in total. The lowest BCUT2D eigenvalue weighted by Crippen LogP contribution is -2.15. The van der Waals surface area contributed by atoms with Gasteiger partial charge in [-0.3, -0.25) is 0 Å². The number of nitrogens with one attached hydrogen (secondary N) is 2. The van der Waals surface area contributed by atoms with Crippen molar-refractivity contribution in [3.05, 3.63) is 243 Å². The highest BCUT2D eigenvalue weighted by atomic mass is 127. The summed E-state index contributed by atoms with van der Waals surface area (Å²) < 4.78 is 3.71. The minimum absolute atomic E-state index is 0.0138. The molecule has 13 aromatic rings. The minimum atomic E-state index is -0.0810. The zero-order valence-electron chi connectivity index (χ0n) is 40.2. The summed E-state index contributed by atoms with van der Waals surface area (Å²) in [7, 11) is 0. The molecule has 0 amide bonds. The van der Waals surface area contributed by atoms with Crippen molar-refractivity contribution in [2.45, 2.75) is 44.9 Å². The lowest BCUT2D eigenvalue weighted by Gasteiger charge is -2.22. The highest BCUT2D eigenvalue weighted by Crippen LogP contribution is 2.55. The number of halogens is 1. The van der Waals surface area contributed by atoms with E-state index < -0.39 is 0 Å². The SMILES string of the molecule is CC1(C)c2cc3[nH]c4ccccc4c3cc2-c2cc3c4ccccc4n(-c4ccccc4)c3cc21.CC1(C)c2cc3c(cc2-c2cc4c(cc21)[nH]c1ccccc14)-c1ccccc1C3.Ic1ccccc1. The molecule has 0 aliphatic heterocycles. The average Bonchev–Trinajstić information content (AvgIpc) is 4.22. The van der Waals surface area contributed by atoms with Crippen molar-refractivity contribution in [1.82, 2.24) is 14.5 Å². The predicted molar refractivity (Wildman–Crippen MR) is 308 cm³/mol. The standard InChI is InChI=1S/C33H24N2.C28H21N.C6H5I/c1-33(2)27-18-30-25(21-12-6-8-14-29(21)34-30)16-23(27)24-17-26-22-13-7-9-15-31(22)35(32(26)19-28(24)33)20-10-4-3-5-11-20;1-28(2)24-12-17-11-16-7-3-4-8-18(16)20(17)13-21(24)22-14-23-19-9-5-6-10-26(19)29-27(23)15-25(22)28;7-6-4-2-1-3-5-6/h3-19,34H,1-2H3;3-10,12-15,29H,11H2,1-2H3;1-5H. The van der Waals surface area contributed by atoms with Gasteiger partial charge in [-0.05, 0) is 181 Å². The van der Waals surface area contributed by atoms with Crippen molar-refractivity contribution in [2.24, 2.45) is 0 Å². The van der Waals surface area contributed by atoms with E-state index in [9.17, 15) is 0 Å². The van der Waals surface area contributed by atoms with Gasteiger partial charge in [-0.2, -0.15) is 0 Å². The molecule has 0 bridgehead atoms. The lowest BCUT2D eigenvalue weighted by atomic mass is 9.81. The van der Waals surface area contributed by atoms with E-state index in [-0.39, 0.29) is 10.8 Å². The molecule has 0 fully saturated rings. The van der Waals surface area contributed by atoms with Crippen LogP contribution in [-0.2, 0) is 17.3 Å². The van der Waals surface area contributed by atoms with Gasteiger partial charge in [-0.1, -0.05) is 149 Å². The molecule has 3 heterocycles. The maximum Gasteiger partial charge on any atom is 0.0544 e. The second kappa shape index (κ2) is 15.7. The van der Waals surface area contributed by atoms with Crippen LogP contribution >= 0.6 is 22.6 Å². The molecule has 71 heavy (non-hydrogen) atoms. The quantitative estimate of drug-likeness (QED) is 0.154. The van der Waals surface area contributed by atoms with Gasteiger partial charge in [0.25, 0.3) is 0 Å². The van der Waals surface area contributed by atoms with E-state index >= 15 is 0 Å². The van der Waals surface area contributed by atoms with Crippen molar-refractivity contribution in [2.75, 3.05) is 0 Å². The third kappa shape index (κ3) is 6.40. The van der Waals surface area contributed by atoms with Gasteiger partial charge in [0.1, 0.15) is 0 Å². The van der Waals surface area contributed by atoms with Gasteiger partial charge in [0.15, 0.2) is 0 Å². The van der Waals surface area contributed by atoms with Gasteiger partial charge in [-0.25, -0.2) is 0 Å². The van der Waals surface area contributed by atoms with Gasteiger partial charge in [0.05, 0.1) is 11.0 Å². The third-order valence-corrected chi connectivity index (χ3v) is 16.8. The van der Waals surface area contributed by atoms with Gasteiger partial charge in [0.2, 0.25) is 0 Å². The molecule has 0 saturated heterocycles. The van der Waals surface area contributed by atoms with E-state index in [4.69, 9.17) is 0 Å². The first-order valence-electron chi connectivity index (χ1n) is 24.8. The Hall–Kier alpha value is -7.67. The molecule has 0 radical (unpaired) electrons. The number of aromatic nitrogens is 3. The van der Waals surface area contributed by atoms with Crippen LogP contribution in [0, 0.1) is 3.57 Å². The number of rotatable bonds is 1. The van der Waals surface area contributed by atoms with Gasteiger partial charge < -0.3 is 14.5 Å². The van der Waals surface area contributed by atoms with Crippen LogP contribution in [0.3, 0.4) is 0 Å². The molecule has 10 aromatic carbocycles. The topological polar surface area (TPSA) is 36.5 Å². The highest BCUT2D eigenvalue weighted by Gasteiger charge is 2.39. The summed E-state index contributed by atoms with van der Waals surface area (Å²) in [5.74, 6) is 0. The van der Waals surface area contributed by atoms with Crippen LogP contribution < -0.4 is 0 Å². The van der Waals surface area contributed by atoms with E-state index in [1.54, 1.807) is 0 Å². The van der Waals surface area contributed by atoms with Crippen LogP contribution in [0.2, 0.25) is 0 Å². The molecule has 0 saturated carbocycles. The predicted octanol–water partition coefficient (Wildman–Crippen LogP) is 18.2. The Balaban J connectivity index is 0.000000118. The van der Waals surface area contributed by atoms with E-state index in [0.29, 0.717) is 0 Å². The third-order valence-electron chi connectivity index (χ3n) is 16.1. The molecule has 0 atom stereocenters. The minimum Gasteiger partial charge on any atom is -0.355 e. The Morgan fingerprint density at radius 1 is 0.352 bits per heavy atom. The van der Waals surface area contributed by atoms with E-state index in [2.05, 4.69) is 253 Å². The largest absolute Gasteiger partial charge is 0.355 e. The van der Waals surface area contributed by atoms with E-state index in [1.807, 2.05) is 18.2 Å². The van der Waals surface area contributed by atoms with Gasteiger partial charge >= 0.3 is 0 Å². The smallest absolute Gasteiger partial charge is 0.0544 e. The summed E-state index contributed by atoms with van der Waals surface area (Å²) in [5.41, 5.74) is 25.5. The Morgan fingerprint density at radius 3 is 1.44 bits per heavy atom. The summed E-state index contributed by atoms with van der Waals surface area (Å²) in [6.45, 7) is 9.49. The zero-order valence-corrected chi connectivity index (χ0v) is 42.3. The Kier molecular flexibility index (Phi) is 9.32. The van der Waals surface area contributed by atoms with Crippen molar-refractivity contribution in [3.8, 4) is 39.1 Å². The van der Waals surface area contributed by atoms with Crippen molar-refractivity contribution >= 4 is 88.0 Å². The summed E-state index contributed by atoms with van der Waals surface area (Å²) >= 11 is 2.28. The molecule has 3 aliphatic rings. The van der Waals surface area contributed by atoms with Gasteiger partial charge in [0, 0.05) is 74.5 Å². The summed E-state index contributed by atoms with van der Waals surface area (Å²) in [6.07, 6.45) is 1.05. The van der Waals surface area contributed by atoms with Gasteiger partial charge in [-0.15, -0.1) is 0 Å². The highest BCUT2D eigenvalue weighted by molar-refractivity contribution is 14.1. The molecular formula is C67H50IN3.